The number of hydrogen-bond acceptors (Lipinski definition) is 4. The summed E-state index contributed by atoms with van der Waals surface area (Å²) in [5.41, 5.74) is 3.24. The largest absolute Gasteiger partial charge is 0.465 e. The Morgan fingerprint density at radius 2 is 1.55 bits per heavy atom. The molecule has 1 rings (SSSR count). The van der Waals surface area contributed by atoms with Crippen molar-refractivity contribution in [2.24, 2.45) is 5.92 Å². The third kappa shape index (κ3) is 4.37. The molecule has 110 valence electrons. The number of ether oxygens (including phenoxy) is 2. The van der Waals surface area contributed by atoms with Gasteiger partial charge in [-0.05, 0) is 50.8 Å². The number of carbonyl (C=O) groups excluding carboxylic acids is 2. The molecule has 1 aromatic rings. The zero-order valence-electron chi connectivity index (χ0n) is 12.6. The van der Waals surface area contributed by atoms with Crippen molar-refractivity contribution in [1.29, 1.82) is 0 Å². The average Bonchev–Trinajstić information content (AvgIpc) is 2.40. The summed E-state index contributed by atoms with van der Waals surface area (Å²) in [4.78, 5) is 23.8. The van der Waals surface area contributed by atoms with Gasteiger partial charge in [0, 0.05) is 0 Å². The Bertz CT molecular complexity index is 461. The van der Waals surface area contributed by atoms with E-state index in [1.54, 1.807) is 13.8 Å². The number of benzene rings is 1. The summed E-state index contributed by atoms with van der Waals surface area (Å²) >= 11 is 0. The Balaban J connectivity index is 2.90. The summed E-state index contributed by atoms with van der Waals surface area (Å²) in [5, 5.41) is 0. The molecule has 0 atom stereocenters. The van der Waals surface area contributed by atoms with Crippen LogP contribution < -0.4 is 0 Å². The predicted octanol–water partition coefficient (Wildman–Crippen LogP) is 2.59. The van der Waals surface area contributed by atoms with Crippen LogP contribution in [0.25, 0.3) is 0 Å². The number of carbonyl (C=O) groups is 2. The lowest BCUT2D eigenvalue weighted by Crippen LogP contribution is -2.30. The van der Waals surface area contributed by atoms with E-state index in [4.69, 9.17) is 9.47 Å². The summed E-state index contributed by atoms with van der Waals surface area (Å²) in [7, 11) is 0. The zero-order valence-corrected chi connectivity index (χ0v) is 12.6. The second-order valence-electron chi connectivity index (χ2n) is 4.68. The molecule has 4 nitrogen and oxygen atoms in total. The molecule has 0 N–H and O–H groups in total. The molecule has 0 bridgehead atoms. The van der Waals surface area contributed by atoms with E-state index >= 15 is 0 Å². The van der Waals surface area contributed by atoms with Crippen molar-refractivity contribution < 1.29 is 19.1 Å². The lowest BCUT2D eigenvalue weighted by Gasteiger charge is -2.15. The van der Waals surface area contributed by atoms with Crippen molar-refractivity contribution in [2.45, 2.75) is 34.1 Å². The molecule has 0 amide bonds. The molecule has 0 saturated carbocycles. The minimum Gasteiger partial charge on any atom is -0.465 e. The maximum Gasteiger partial charge on any atom is 0.320 e. The van der Waals surface area contributed by atoms with E-state index in [1.165, 1.54) is 5.56 Å². The topological polar surface area (TPSA) is 52.6 Å². The first kappa shape index (κ1) is 16.2. The van der Waals surface area contributed by atoms with Crippen molar-refractivity contribution in [3.63, 3.8) is 0 Å². The number of hydrogen-bond donors (Lipinski definition) is 0. The second kappa shape index (κ2) is 7.68. The first-order valence-electron chi connectivity index (χ1n) is 6.89. The van der Waals surface area contributed by atoms with Crippen LogP contribution in [0.4, 0.5) is 0 Å². The maximum atomic E-state index is 11.9. The molecule has 0 saturated heterocycles. The van der Waals surface area contributed by atoms with E-state index in [1.807, 2.05) is 32.0 Å². The SMILES string of the molecule is CCOC(=O)C(Cc1ccc(C)c(C)c1)C(=O)OCC. The van der Waals surface area contributed by atoms with Gasteiger partial charge in [0.2, 0.25) is 0 Å². The molecule has 0 fully saturated rings. The van der Waals surface area contributed by atoms with Gasteiger partial charge in [-0.3, -0.25) is 9.59 Å². The molecular formula is C16H22O4. The number of rotatable bonds is 6. The summed E-state index contributed by atoms with van der Waals surface area (Å²) in [6.45, 7) is 7.96. The lowest BCUT2D eigenvalue weighted by molar-refractivity contribution is -0.161. The Hall–Kier alpha value is -1.84. The van der Waals surface area contributed by atoms with Crippen molar-refractivity contribution in [2.75, 3.05) is 13.2 Å². The quantitative estimate of drug-likeness (QED) is 0.593. The third-order valence-corrected chi connectivity index (χ3v) is 3.15. The smallest absolute Gasteiger partial charge is 0.320 e. The summed E-state index contributed by atoms with van der Waals surface area (Å²) in [5.74, 6) is -1.94. The first-order valence-corrected chi connectivity index (χ1v) is 6.89. The highest BCUT2D eigenvalue weighted by Crippen LogP contribution is 2.16. The standard InChI is InChI=1S/C16H22O4/c1-5-19-15(17)14(16(18)20-6-2)10-13-8-7-11(3)12(4)9-13/h7-9,14H,5-6,10H2,1-4H3. The molecule has 0 aliphatic carbocycles. The van der Waals surface area contributed by atoms with Crippen LogP contribution in [-0.4, -0.2) is 25.2 Å². The van der Waals surface area contributed by atoms with Crippen molar-refractivity contribution in [3.05, 3.63) is 34.9 Å². The molecule has 0 heterocycles. The van der Waals surface area contributed by atoms with E-state index < -0.39 is 17.9 Å². The molecule has 20 heavy (non-hydrogen) atoms. The normalized spacial score (nSPS) is 10.4. The second-order valence-corrected chi connectivity index (χ2v) is 4.68. The summed E-state index contributed by atoms with van der Waals surface area (Å²) < 4.78 is 9.92. The molecule has 0 spiro atoms. The van der Waals surface area contributed by atoms with E-state index in [-0.39, 0.29) is 13.2 Å². The van der Waals surface area contributed by atoms with Gasteiger partial charge >= 0.3 is 11.9 Å². The van der Waals surface area contributed by atoms with Crippen LogP contribution >= 0.6 is 0 Å². The average molecular weight is 278 g/mol. The maximum absolute atomic E-state index is 11.9. The highest BCUT2D eigenvalue weighted by atomic mass is 16.6. The fourth-order valence-corrected chi connectivity index (χ4v) is 1.91. The lowest BCUT2D eigenvalue weighted by atomic mass is 9.96. The fraction of sp³-hybridized carbons (Fsp3) is 0.500. The van der Waals surface area contributed by atoms with Crippen LogP contribution in [0.3, 0.4) is 0 Å². The van der Waals surface area contributed by atoms with Crippen molar-refractivity contribution in [3.8, 4) is 0 Å². The van der Waals surface area contributed by atoms with Gasteiger partial charge in [-0.1, -0.05) is 18.2 Å². The van der Waals surface area contributed by atoms with Crippen molar-refractivity contribution >= 4 is 11.9 Å². The fourth-order valence-electron chi connectivity index (χ4n) is 1.91. The van der Waals surface area contributed by atoms with Gasteiger partial charge in [0.15, 0.2) is 5.92 Å². The number of esters is 2. The molecule has 0 aromatic heterocycles. The van der Waals surface area contributed by atoms with E-state index in [0.29, 0.717) is 6.42 Å². The van der Waals surface area contributed by atoms with Gasteiger partial charge in [0.25, 0.3) is 0 Å². The van der Waals surface area contributed by atoms with Crippen molar-refractivity contribution in [1.82, 2.24) is 0 Å². The van der Waals surface area contributed by atoms with Crippen LogP contribution in [0.1, 0.15) is 30.5 Å². The highest BCUT2D eigenvalue weighted by molar-refractivity contribution is 5.95. The first-order chi connectivity index (χ1) is 9.49. The minimum atomic E-state index is -0.892. The molecule has 0 aliphatic rings. The van der Waals surface area contributed by atoms with Crippen LogP contribution in [-0.2, 0) is 25.5 Å². The monoisotopic (exact) mass is 278 g/mol. The molecular weight excluding hydrogens is 256 g/mol. The zero-order chi connectivity index (χ0) is 15.1. The minimum absolute atomic E-state index is 0.252. The van der Waals surface area contributed by atoms with E-state index in [0.717, 1.165) is 11.1 Å². The van der Waals surface area contributed by atoms with Crippen LogP contribution in [0.15, 0.2) is 18.2 Å². The van der Waals surface area contributed by atoms with Gasteiger partial charge in [-0.15, -0.1) is 0 Å². The Morgan fingerprint density at radius 3 is 2.00 bits per heavy atom. The van der Waals surface area contributed by atoms with Crippen LogP contribution in [0, 0.1) is 19.8 Å². The van der Waals surface area contributed by atoms with E-state index in [9.17, 15) is 9.59 Å². The van der Waals surface area contributed by atoms with Gasteiger partial charge in [0.05, 0.1) is 13.2 Å². The van der Waals surface area contributed by atoms with Gasteiger partial charge in [0.1, 0.15) is 0 Å². The highest BCUT2D eigenvalue weighted by Gasteiger charge is 2.29. The molecule has 0 aliphatic heterocycles. The van der Waals surface area contributed by atoms with Crippen LogP contribution in [0.5, 0.6) is 0 Å². The van der Waals surface area contributed by atoms with Crippen LogP contribution in [0.2, 0.25) is 0 Å². The van der Waals surface area contributed by atoms with Gasteiger partial charge in [-0.25, -0.2) is 0 Å². The predicted molar refractivity (Wildman–Crippen MR) is 76.4 cm³/mol. The molecule has 1 aromatic carbocycles. The molecule has 4 heteroatoms. The summed E-state index contributed by atoms with van der Waals surface area (Å²) in [6, 6.07) is 5.90. The number of aryl methyl sites for hydroxylation is 2. The third-order valence-electron chi connectivity index (χ3n) is 3.15. The Labute approximate surface area is 120 Å². The molecule has 0 radical (unpaired) electrons. The van der Waals surface area contributed by atoms with Gasteiger partial charge in [-0.2, -0.15) is 0 Å². The molecule has 0 unspecified atom stereocenters. The Morgan fingerprint density at radius 1 is 1.00 bits per heavy atom. The Kier molecular flexibility index (Phi) is 6.22. The summed E-state index contributed by atoms with van der Waals surface area (Å²) in [6.07, 6.45) is 0.304. The van der Waals surface area contributed by atoms with E-state index in [2.05, 4.69) is 0 Å². The van der Waals surface area contributed by atoms with Gasteiger partial charge < -0.3 is 9.47 Å².